The van der Waals surface area contributed by atoms with Crippen LogP contribution >= 0.6 is 0 Å². The minimum Gasteiger partial charge on any atom is -0.350 e. The molecule has 0 aromatic rings. The smallest absolute Gasteiger partial charge is 0.243 e. The zero-order valence-corrected chi connectivity index (χ0v) is 9.35. The van der Waals surface area contributed by atoms with Gasteiger partial charge in [-0.3, -0.25) is 4.79 Å². The van der Waals surface area contributed by atoms with E-state index in [2.05, 4.69) is 10.6 Å². The predicted octanol–water partition coefficient (Wildman–Crippen LogP) is 1.31. The van der Waals surface area contributed by atoms with Crippen molar-refractivity contribution >= 4 is 5.91 Å². The van der Waals surface area contributed by atoms with Gasteiger partial charge in [0.05, 0.1) is 0 Å². The second-order valence-corrected chi connectivity index (χ2v) is 2.62. The maximum atomic E-state index is 10.9. The minimum atomic E-state index is -0.0322. The summed E-state index contributed by atoms with van der Waals surface area (Å²) in [5, 5.41) is 5.66. The van der Waals surface area contributed by atoms with E-state index in [1.807, 2.05) is 34.7 Å². The summed E-state index contributed by atoms with van der Waals surface area (Å²) in [5.41, 5.74) is 0. The van der Waals surface area contributed by atoms with E-state index in [1.54, 1.807) is 6.08 Å². The SMILES string of the molecule is CC.CNC/C=C\C(=O)NC(C)C. The summed E-state index contributed by atoms with van der Waals surface area (Å²) < 4.78 is 0. The number of rotatable bonds is 4. The summed E-state index contributed by atoms with van der Waals surface area (Å²) in [7, 11) is 1.84. The molecule has 0 saturated carbocycles. The lowest BCUT2D eigenvalue weighted by molar-refractivity contribution is -0.116. The van der Waals surface area contributed by atoms with Gasteiger partial charge in [-0.05, 0) is 20.9 Å². The van der Waals surface area contributed by atoms with Gasteiger partial charge in [0.1, 0.15) is 0 Å². The normalized spacial score (nSPS) is 9.69. The molecule has 0 aliphatic heterocycles. The van der Waals surface area contributed by atoms with Crippen LogP contribution in [0.25, 0.3) is 0 Å². The van der Waals surface area contributed by atoms with Crippen LogP contribution in [-0.2, 0) is 4.79 Å². The molecular weight excluding hydrogens is 164 g/mol. The first kappa shape index (κ1) is 14.7. The van der Waals surface area contributed by atoms with Crippen LogP contribution in [0.2, 0.25) is 0 Å². The lowest BCUT2D eigenvalue weighted by Gasteiger charge is -2.03. The highest BCUT2D eigenvalue weighted by atomic mass is 16.1. The van der Waals surface area contributed by atoms with E-state index in [0.29, 0.717) is 0 Å². The highest BCUT2D eigenvalue weighted by Gasteiger charge is 1.95. The number of carbonyl (C=O) groups is 1. The molecule has 3 heteroatoms. The number of hydrogen-bond donors (Lipinski definition) is 2. The first-order valence-corrected chi connectivity index (χ1v) is 4.78. The summed E-state index contributed by atoms with van der Waals surface area (Å²) in [6.45, 7) is 8.60. The van der Waals surface area contributed by atoms with Gasteiger partial charge in [-0.2, -0.15) is 0 Å². The van der Waals surface area contributed by atoms with Crippen molar-refractivity contribution in [3.63, 3.8) is 0 Å². The fourth-order valence-corrected chi connectivity index (χ4v) is 0.616. The Kier molecular flexibility index (Phi) is 12.6. The van der Waals surface area contributed by atoms with E-state index < -0.39 is 0 Å². The highest BCUT2D eigenvalue weighted by Crippen LogP contribution is 1.78. The molecule has 0 spiro atoms. The molecule has 0 bridgehead atoms. The summed E-state index contributed by atoms with van der Waals surface area (Å²) in [6, 6.07) is 0.210. The summed E-state index contributed by atoms with van der Waals surface area (Å²) in [5.74, 6) is -0.0322. The maximum Gasteiger partial charge on any atom is 0.243 e. The molecule has 0 aromatic heterocycles. The van der Waals surface area contributed by atoms with Crippen LogP contribution in [0.1, 0.15) is 27.7 Å². The molecule has 0 aliphatic carbocycles. The van der Waals surface area contributed by atoms with Gasteiger partial charge in [0, 0.05) is 18.7 Å². The zero-order valence-electron chi connectivity index (χ0n) is 9.35. The Morgan fingerprint density at radius 3 is 2.31 bits per heavy atom. The standard InChI is InChI=1S/C8H16N2O.C2H6/c1-7(2)10-8(11)5-4-6-9-3;1-2/h4-5,7,9H,6H2,1-3H3,(H,10,11);1-2H3/b5-4-;. The van der Waals surface area contributed by atoms with Crippen molar-refractivity contribution in [2.45, 2.75) is 33.7 Å². The summed E-state index contributed by atoms with van der Waals surface area (Å²) in [6.07, 6.45) is 3.33. The van der Waals surface area contributed by atoms with Gasteiger partial charge in [-0.15, -0.1) is 0 Å². The van der Waals surface area contributed by atoms with Crippen LogP contribution in [0.5, 0.6) is 0 Å². The fourth-order valence-electron chi connectivity index (χ4n) is 0.616. The molecule has 0 aliphatic rings. The fraction of sp³-hybridized carbons (Fsp3) is 0.700. The van der Waals surface area contributed by atoms with Gasteiger partial charge in [0.25, 0.3) is 0 Å². The second kappa shape index (κ2) is 11.2. The number of carbonyl (C=O) groups excluding carboxylic acids is 1. The molecule has 0 fully saturated rings. The largest absolute Gasteiger partial charge is 0.350 e. The third-order valence-corrected chi connectivity index (χ3v) is 1.02. The lowest BCUT2D eigenvalue weighted by atomic mass is 10.3. The maximum absolute atomic E-state index is 10.9. The van der Waals surface area contributed by atoms with Crippen molar-refractivity contribution in [1.29, 1.82) is 0 Å². The van der Waals surface area contributed by atoms with Crippen molar-refractivity contribution in [2.75, 3.05) is 13.6 Å². The molecule has 13 heavy (non-hydrogen) atoms. The van der Waals surface area contributed by atoms with Gasteiger partial charge >= 0.3 is 0 Å². The Morgan fingerprint density at radius 2 is 1.92 bits per heavy atom. The Balaban J connectivity index is 0. The molecular formula is C10H22N2O. The van der Waals surface area contributed by atoms with Crippen LogP contribution in [-0.4, -0.2) is 25.5 Å². The van der Waals surface area contributed by atoms with E-state index >= 15 is 0 Å². The van der Waals surface area contributed by atoms with Crippen LogP contribution in [0.3, 0.4) is 0 Å². The van der Waals surface area contributed by atoms with Crippen LogP contribution < -0.4 is 10.6 Å². The van der Waals surface area contributed by atoms with Crippen molar-refractivity contribution in [3.05, 3.63) is 12.2 Å². The molecule has 0 rings (SSSR count). The summed E-state index contributed by atoms with van der Waals surface area (Å²) in [4.78, 5) is 10.9. The molecule has 0 saturated heterocycles. The molecule has 0 radical (unpaired) electrons. The Bertz CT molecular complexity index is 142. The van der Waals surface area contributed by atoms with Gasteiger partial charge in [0.15, 0.2) is 0 Å². The molecule has 0 unspecified atom stereocenters. The van der Waals surface area contributed by atoms with Crippen molar-refractivity contribution in [2.24, 2.45) is 0 Å². The first-order chi connectivity index (χ1) is 6.16. The highest BCUT2D eigenvalue weighted by molar-refractivity contribution is 5.87. The molecule has 1 amide bonds. The van der Waals surface area contributed by atoms with Gasteiger partial charge < -0.3 is 10.6 Å². The van der Waals surface area contributed by atoms with Crippen molar-refractivity contribution in [1.82, 2.24) is 10.6 Å². The van der Waals surface area contributed by atoms with Gasteiger partial charge in [-0.1, -0.05) is 19.9 Å². The average molecular weight is 186 g/mol. The third-order valence-electron chi connectivity index (χ3n) is 1.02. The van der Waals surface area contributed by atoms with E-state index in [0.717, 1.165) is 6.54 Å². The van der Waals surface area contributed by atoms with Crippen LogP contribution in [0, 0.1) is 0 Å². The molecule has 2 N–H and O–H groups in total. The average Bonchev–Trinajstić information content (AvgIpc) is 2.07. The van der Waals surface area contributed by atoms with E-state index in [4.69, 9.17) is 0 Å². The Hall–Kier alpha value is -0.830. The molecule has 0 atom stereocenters. The van der Waals surface area contributed by atoms with Gasteiger partial charge in [0.2, 0.25) is 5.91 Å². The van der Waals surface area contributed by atoms with Gasteiger partial charge in [-0.25, -0.2) is 0 Å². The van der Waals surface area contributed by atoms with E-state index in [9.17, 15) is 4.79 Å². The monoisotopic (exact) mass is 186 g/mol. The second-order valence-electron chi connectivity index (χ2n) is 2.62. The molecule has 0 heterocycles. The molecule has 3 nitrogen and oxygen atoms in total. The number of nitrogens with one attached hydrogen (secondary N) is 2. The summed E-state index contributed by atoms with van der Waals surface area (Å²) >= 11 is 0. The Morgan fingerprint density at radius 1 is 1.38 bits per heavy atom. The van der Waals surface area contributed by atoms with Crippen molar-refractivity contribution in [3.8, 4) is 0 Å². The van der Waals surface area contributed by atoms with Crippen LogP contribution in [0.15, 0.2) is 12.2 Å². The molecule has 0 aromatic carbocycles. The number of likely N-dealkylation sites (N-methyl/N-ethyl adjacent to an activating group) is 1. The zero-order chi connectivity index (χ0) is 10.7. The number of hydrogen-bond acceptors (Lipinski definition) is 2. The Labute approximate surface area is 81.6 Å². The topological polar surface area (TPSA) is 41.1 Å². The first-order valence-electron chi connectivity index (χ1n) is 4.78. The lowest BCUT2D eigenvalue weighted by Crippen LogP contribution is -2.28. The minimum absolute atomic E-state index is 0.0322. The predicted molar refractivity (Wildman–Crippen MR) is 57.7 cm³/mol. The van der Waals surface area contributed by atoms with Crippen molar-refractivity contribution < 1.29 is 4.79 Å². The van der Waals surface area contributed by atoms with Crippen LogP contribution in [0.4, 0.5) is 0 Å². The van der Waals surface area contributed by atoms with E-state index in [1.165, 1.54) is 6.08 Å². The quantitative estimate of drug-likeness (QED) is 0.650. The molecule has 78 valence electrons. The third kappa shape index (κ3) is 14.1. The number of amides is 1. The van der Waals surface area contributed by atoms with E-state index in [-0.39, 0.29) is 11.9 Å².